The van der Waals surface area contributed by atoms with Crippen molar-refractivity contribution in [1.82, 2.24) is 10.2 Å². The zero-order chi connectivity index (χ0) is 24.2. The van der Waals surface area contributed by atoms with Gasteiger partial charge in [-0.05, 0) is 29.7 Å². The van der Waals surface area contributed by atoms with Crippen LogP contribution in [-0.2, 0) is 20.9 Å². The molecule has 0 saturated carbocycles. The van der Waals surface area contributed by atoms with Crippen molar-refractivity contribution in [3.63, 3.8) is 0 Å². The highest BCUT2D eigenvalue weighted by atomic mass is 16.6. The minimum atomic E-state index is -1.08. The van der Waals surface area contributed by atoms with Crippen molar-refractivity contribution in [2.75, 3.05) is 19.0 Å². The highest BCUT2D eigenvalue weighted by Crippen LogP contribution is 2.39. The predicted molar refractivity (Wildman–Crippen MR) is 130 cm³/mol. The summed E-state index contributed by atoms with van der Waals surface area (Å²) in [4.78, 5) is 41.8. The topological polar surface area (TPSA) is 79.0 Å². The van der Waals surface area contributed by atoms with E-state index in [1.165, 1.54) is 11.8 Å². The van der Waals surface area contributed by atoms with Crippen LogP contribution in [0.2, 0.25) is 0 Å². The number of fused-ring (bicyclic) bond motifs is 3. The van der Waals surface area contributed by atoms with Gasteiger partial charge >= 0.3 is 6.09 Å². The third-order valence-electron chi connectivity index (χ3n) is 5.91. The Morgan fingerprint density at radius 2 is 1.59 bits per heavy atom. The standard InChI is InChI=1S/C27H27N3O4/c1-18(34-27(33)29(2)17-19-11-5-4-6-12-19)25(31)28-24-22-15-8-7-13-20(22)21-14-9-10-16-23(21)30(3)26(24)32/h4-16,18,24H,17H2,1-3H3,(H,28,31)/t18-,24?/m0/s1. The molecule has 0 aromatic heterocycles. The Morgan fingerprint density at radius 3 is 2.32 bits per heavy atom. The van der Waals surface area contributed by atoms with E-state index in [-0.39, 0.29) is 5.91 Å². The van der Waals surface area contributed by atoms with E-state index >= 15 is 0 Å². The van der Waals surface area contributed by atoms with E-state index in [9.17, 15) is 14.4 Å². The molecular weight excluding hydrogens is 430 g/mol. The van der Waals surface area contributed by atoms with Crippen molar-refractivity contribution in [3.8, 4) is 11.1 Å². The number of carbonyl (C=O) groups is 3. The summed E-state index contributed by atoms with van der Waals surface area (Å²) < 4.78 is 5.38. The molecule has 1 heterocycles. The minimum Gasteiger partial charge on any atom is -0.436 e. The van der Waals surface area contributed by atoms with Crippen LogP contribution in [0.5, 0.6) is 0 Å². The number of rotatable bonds is 5. The molecule has 0 radical (unpaired) electrons. The molecule has 3 aromatic rings. The van der Waals surface area contributed by atoms with Gasteiger partial charge in [-0.1, -0.05) is 72.8 Å². The first-order chi connectivity index (χ1) is 16.4. The van der Waals surface area contributed by atoms with Gasteiger partial charge in [0, 0.05) is 26.2 Å². The van der Waals surface area contributed by atoms with Gasteiger partial charge in [0.15, 0.2) is 6.10 Å². The Bertz CT molecular complexity index is 1210. The quantitative estimate of drug-likeness (QED) is 0.625. The summed E-state index contributed by atoms with van der Waals surface area (Å²) in [5, 5.41) is 2.80. The second kappa shape index (κ2) is 9.79. The lowest BCUT2D eigenvalue weighted by Gasteiger charge is -2.25. The van der Waals surface area contributed by atoms with Crippen molar-refractivity contribution in [2.24, 2.45) is 0 Å². The van der Waals surface area contributed by atoms with Crippen LogP contribution in [0.4, 0.5) is 10.5 Å². The number of nitrogens with one attached hydrogen (secondary N) is 1. The van der Waals surface area contributed by atoms with E-state index in [0.717, 1.165) is 22.4 Å². The van der Waals surface area contributed by atoms with Crippen molar-refractivity contribution < 1.29 is 19.1 Å². The normalized spacial score (nSPS) is 15.4. The van der Waals surface area contributed by atoms with Gasteiger partial charge in [-0.25, -0.2) is 4.79 Å². The SMILES string of the molecule is C[C@H](OC(=O)N(C)Cc1ccccc1)C(=O)NC1C(=O)N(C)c2ccccc2-c2ccccc21. The summed E-state index contributed by atoms with van der Waals surface area (Å²) >= 11 is 0. The molecule has 0 fully saturated rings. The second-order valence-corrected chi connectivity index (χ2v) is 8.31. The number of hydrogen-bond donors (Lipinski definition) is 1. The summed E-state index contributed by atoms with van der Waals surface area (Å²) in [6, 6.07) is 23.7. The molecule has 2 atom stereocenters. The van der Waals surface area contributed by atoms with Crippen molar-refractivity contribution in [1.29, 1.82) is 0 Å². The predicted octanol–water partition coefficient (Wildman–Crippen LogP) is 4.14. The van der Waals surface area contributed by atoms with Gasteiger partial charge in [-0.3, -0.25) is 9.59 Å². The first-order valence-corrected chi connectivity index (χ1v) is 11.1. The molecule has 174 valence electrons. The largest absolute Gasteiger partial charge is 0.436 e. The lowest BCUT2D eigenvalue weighted by atomic mass is 9.95. The van der Waals surface area contributed by atoms with Gasteiger partial charge < -0.3 is 19.9 Å². The lowest BCUT2D eigenvalue weighted by molar-refractivity contribution is -0.133. The summed E-state index contributed by atoms with van der Waals surface area (Å²) in [6.45, 7) is 1.85. The molecule has 1 aliphatic heterocycles. The minimum absolute atomic E-state index is 0.273. The van der Waals surface area contributed by atoms with E-state index < -0.39 is 24.1 Å². The summed E-state index contributed by atoms with van der Waals surface area (Å²) in [6.07, 6.45) is -1.70. The molecule has 1 aliphatic rings. The van der Waals surface area contributed by atoms with Gasteiger partial charge in [0.25, 0.3) is 11.8 Å². The van der Waals surface area contributed by atoms with E-state index in [4.69, 9.17) is 4.74 Å². The van der Waals surface area contributed by atoms with Crippen molar-refractivity contribution in [2.45, 2.75) is 25.6 Å². The molecule has 3 aromatic carbocycles. The van der Waals surface area contributed by atoms with Crippen LogP contribution in [0.25, 0.3) is 11.1 Å². The number of nitrogens with zero attached hydrogens (tertiary/aromatic N) is 2. The number of carbonyl (C=O) groups excluding carboxylic acids is 3. The second-order valence-electron chi connectivity index (χ2n) is 8.31. The van der Waals surface area contributed by atoms with Gasteiger partial charge in [-0.2, -0.15) is 0 Å². The summed E-state index contributed by atoms with van der Waals surface area (Å²) in [7, 11) is 3.30. The molecule has 0 aliphatic carbocycles. The zero-order valence-electron chi connectivity index (χ0n) is 19.4. The monoisotopic (exact) mass is 457 g/mol. The fourth-order valence-corrected chi connectivity index (χ4v) is 4.05. The number of benzene rings is 3. The average molecular weight is 458 g/mol. The Labute approximate surface area is 198 Å². The molecule has 1 N–H and O–H groups in total. The van der Waals surface area contributed by atoms with Gasteiger partial charge in [0.05, 0.1) is 5.69 Å². The third-order valence-corrected chi connectivity index (χ3v) is 5.91. The maximum absolute atomic E-state index is 13.4. The first kappa shape index (κ1) is 23.0. The summed E-state index contributed by atoms with van der Waals surface area (Å²) in [5.74, 6) is -0.820. The van der Waals surface area contributed by atoms with Crippen LogP contribution in [0.3, 0.4) is 0 Å². The molecule has 4 rings (SSSR count). The highest BCUT2D eigenvalue weighted by molar-refractivity contribution is 6.06. The number of hydrogen-bond acceptors (Lipinski definition) is 4. The number of anilines is 1. The highest BCUT2D eigenvalue weighted by Gasteiger charge is 2.34. The van der Waals surface area contributed by atoms with Crippen molar-refractivity contribution >= 4 is 23.6 Å². The molecule has 0 saturated heterocycles. The van der Waals surface area contributed by atoms with Gasteiger partial charge in [0.1, 0.15) is 6.04 Å². The lowest BCUT2D eigenvalue weighted by Crippen LogP contribution is -2.45. The number of amides is 3. The average Bonchev–Trinajstić information content (AvgIpc) is 2.94. The third kappa shape index (κ3) is 4.64. The Hall–Kier alpha value is -4.13. The maximum atomic E-state index is 13.4. The van der Waals surface area contributed by atoms with Gasteiger partial charge in [-0.15, -0.1) is 0 Å². The van der Waals surface area contributed by atoms with E-state index in [0.29, 0.717) is 12.1 Å². The van der Waals surface area contributed by atoms with Crippen LogP contribution >= 0.6 is 0 Å². The van der Waals surface area contributed by atoms with Crippen LogP contribution in [0.15, 0.2) is 78.9 Å². The first-order valence-electron chi connectivity index (χ1n) is 11.1. The number of ether oxygens (including phenoxy) is 1. The Morgan fingerprint density at radius 1 is 0.971 bits per heavy atom. The fraction of sp³-hybridized carbons (Fsp3) is 0.222. The van der Waals surface area contributed by atoms with Crippen LogP contribution in [0.1, 0.15) is 24.1 Å². The van der Waals surface area contributed by atoms with E-state index in [2.05, 4.69) is 5.32 Å². The molecule has 0 bridgehead atoms. The van der Waals surface area contributed by atoms with Crippen molar-refractivity contribution in [3.05, 3.63) is 90.0 Å². The van der Waals surface area contributed by atoms with Gasteiger partial charge in [0.2, 0.25) is 0 Å². The van der Waals surface area contributed by atoms with Crippen LogP contribution in [0, 0.1) is 0 Å². The molecular formula is C27H27N3O4. The zero-order valence-corrected chi connectivity index (χ0v) is 19.4. The molecule has 7 heteroatoms. The molecule has 3 amide bonds. The Kier molecular flexibility index (Phi) is 6.63. The Balaban J connectivity index is 1.50. The molecule has 34 heavy (non-hydrogen) atoms. The van der Waals surface area contributed by atoms with Crippen LogP contribution in [-0.4, -0.2) is 43.0 Å². The van der Waals surface area contributed by atoms with Crippen LogP contribution < -0.4 is 10.2 Å². The summed E-state index contributed by atoms with van der Waals surface area (Å²) in [5.41, 5.74) is 4.18. The smallest absolute Gasteiger partial charge is 0.410 e. The fourth-order valence-electron chi connectivity index (χ4n) is 4.05. The van der Waals surface area contributed by atoms with E-state index in [1.807, 2.05) is 78.9 Å². The molecule has 1 unspecified atom stereocenters. The van der Waals surface area contributed by atoms with E-state index in [1.54, 1.807) is 19.0 Å². The number of likely N-dealkylation sites (N-methyl/N-ethyl adjacent to an activating group) is 1. The number of para-hydroxylation sites is 1. The molecule has 0 spiro atoms. The maximum Gasteiger partial charge on any atom is 0.410 e. The molecule has 7 nitrogen and oxygen atoms in total.